The van der Waals surface area contributed by atoms with Crippen LogP contribution in [0.5, 0.6) is 0 Å². The molecule has 0 bridgehead atoms. The average molecular weight is 830 g/mol. The Morgan fingerprint density at radius 2 is 0.797 bits per heavy atom. The molecule has 11 aromatic rings. The highest BCUT2D eigenvalue weighted by Gasteiger charge is 2.52. The normalized spacial score (nSPS) is 14.2. The predicted octanol–water partition coefficient (Wildman–Crippen LogP) is 16.2. The zero-order valence-corrected chi connectivity index (χ0v) is 35.7. The third kappa shape index (κ3) is 4.57. The topological polar surface area (TPSA) is 3.24 Å². The molecule has 2 heteroatoms. The summed E-state index contributed by atoms with van der Waals surface area (Å²) < 4.78 is 2.58. The van der Waals surface area contributed by atoms with Crippen molar-refractivity contribution in [3.05, 3.63) is 281 Å². The summed E-state index contributed by atoms with van der Waals surface area (Å²) >= 11 is 1.90. The van der Waals surface area contributed by atoms with Gasteiger partial charge in [0.1, 0.15) is 0 Å². The number of para-hydroxylation sites is 1. The van der Waals surface area contributed by atoms with Crippen LogP contribution in [0.1, 0.15) is 44.5 Å². The molecule has 0 saturated carbocycles. The number of hydrogen-bond acceptors (Lipinski definition) is 2. The molecule has 10 aromatic carbocycles. The lowest BCUT2D eigenvalue weighted by molar-refractivity contribution is 0.770. The van der Waals surface area contributed by atoms with Gasteiger partial charge in [-0.25, -0.2) is 0 Å². The lowest BCUT2D eigenvalue weighted by atomic mass is 9.67. The first kappa shape index (κ1) is 35.8. The number of fused-ring (bicyclic) bond motifs is 16. The molecule has 0 atom stereocenters. The fraction of sp³-hybridized carbons (Fsp3) is 0.0323. The molecular weight excluding hydrogens is 791 g/mol. The van der Waals surface area contributed by atoms with E-state index in [0.29, 0.717) is 0 Å². The molecule has 0 aliphatic heterocycles. The Morgan fingerprint density at radius 3 is 1.41 bits per heavy atom. The highest BCUT2D eigenvalue weighted by atomic mass is 32.1. The lowest BCUT2D eigenvalue weighted by Gasteiger charge is -2.33. The standard InChI is InChI=1S/C62H39NS/c1-3-18-40(19-4-1)61(51-27-12-7-22-44(51)45-23-8-13-28-52(45)61)41-34-36-48-50-39-43(35-37-58(50)64-59(48)38-41)63(42-20-5-2-6-21-42)57-33-17-32-56-60(57)49-26-11-16-31-55(49)62(56)53-29-14-9-24-46(53)47-25-10-15-30-54(47)62/h1-39H. The molecule has 0 radical (unpaired) electrons. The number of hydrogen-bond donors (Lipinski definition) is 0. The first-order valence-corrected chi connectivity index (χ1v) is 23.1. The molecule has 14 rings (SSSR count). The first-order valence-electron chi connectivity index (χ1n) is 22.3. The van der Waals surface area contributed by atoms with Gasteiger partial charge in [0.2, 0.25) is 0 Å². The van der Waals surface area contributed by atoms with Gasteiger partial charge in [0.05, 0.1) is 16.5 Å². The van der Waals surface area contributed by atoms with Crippen LogP contribution in [0, 0.1) is 0 Å². The third-order valence-electron chi connectivity index (χ3n) is 14.6. The van der Waals surface area contributed by atoms with Crippen molar-refractivity contribution in [2.45, 2.75) is 10.8 Å². The second kappa shape index (κ2) is 13.4. The fourth-order valence-electron chi connectivity index (χ4n) is 12.2. The van der Waals surface area contributed by atoms with Crippen LogP contribution in [-0.2, 0) is 10.8 Å². The lowest BCUT2D eigenvalue weighted by Crippen LogP contribution is -2.28. The van der Waals surface area contributed by atoms with E-state index in [9.17, 15) is 0 Å². The summed E-state index contributed by atoms with van der Waals surface area (Å²) in [4.78, 5) is 2.50. The largest absolute Gasteiger partial charge is 0.310 e. The van der Waals surface area contributed by atoms with Crippen LogP contribution in [0.25, 0.3) is 53.6 Å². The van der Waals surface area contributed by atoms with Gasteiger partial charge >= 0.3 is 0 Å². The van der Waals surface area contributed by atoms with Crippen LogP contribution < -0.4 is 4.90 Å². The summed E-state index contributed by atoms with van der Waals surface area (Å²) in [5.74, 6) is 0. The molecule has 0 saturated heterocycles. The van der Waals surface area contributed by atoms with Gasteiger partial charge in [-0.2, -0.15) is 0 Å². The maximum atomic E-state index is 2.50. The Kier molecular flexibility index (Phi) is 7.47. The van der Waals surface area contributed by atoms with E-state index in [4.69, 9.17) is 0 Å². The minimum Gasteiger partial charge on any atom is -0.310 e. The number of benzene rings is 10. The monoisotopic (exact) mass is 829 g/mol. The van der Waals surface area contributed by atoms with Gasteiger partial charge in [0.15, 0.2) is 0 Å². The van der Waals surface area contributed by atoms with Crippen molar-refractivity contribution in [3.8, 4) is 33.4 Å². The van der Waals surface area contributed by atoms with Gasteiger partial charge in [-0.3, -0.25) is 0 Å². The molecular formula is C62H39NS. The van der Waals surface area contributed by atoms with Crippen molar-refractivity contribution >= 4 is 48.6 Å². The highest BCUT2D eigenvalue weighted by Crippen LogP contribution is 2.65. The van der Waals surface area contributed by atoms with Gasteiger partial charge in [0.25, 0.3) is 0 Å². The van der Waals surface area contributed by atoms with Crippen molar-refractivity contribution in [2.24, 2.45) is 0 Å². The van der Waals surface area contributed by atoms with Crippen LogP contribution in [0.3, 0.4) is 0 Å². The number of rotatable bonds is 5. The Balaban J connectivity index is 0.981. The van der Waals surface area contributed by atoms with E-state index in [-0.39, 0.29) is 0 Å². The van der Waals surface area contributed by atoms with Crippen LogP contribution in [0.15, 0.2) is 237 Å². The van der Waals surface area contributed by atoms with Crippen LogP contribution in [0.2, 0.25) is 0 Å². The molecule has 3 aliphatic rings. The van der Waals surface area contributed by atoms with Crippen LogP contribution >= 0.6 is 11.3 Å². The quantitative estimate of drug-likeness (QED) is 0.167. The summed E-state index contributed by atoms with van der Waals surface area (Å²) in [6, 6.07) is 88.7. The predicted molar refractivity (Wildman–Crippen MR) is 268 cm³/mol. The zero-order valence-electron chi connectivity index (χ0n) is 34.9. The van der Waals surface area contributed by atoms with Crippen molar-refractivity contribution in [1.82, 2.24) is 0 Å². The number of nitrogens with zero attached hydrogens (tertiary/aromatic N) is 1. The van der Waals surface area contributed by atoms with Gasteiger partial charge in [-0.1, -0.05) is 194 Å². The Labute approximate surface area is 376 Å². The van der Waals surface area contributed by atoms with Crippen molar-refractivity contribution < 1.29 is 0 Å². The molecule has 298 valence electrons. The van der Waals surface area contributed by atoms with E-state index in [1.165, 1.54) is 104 Å². The van der Waals surface area contributed by atoms with Crippen molar-refractivity contribution in [1.29, 1.82) is 0 Å². The molecule has 1 aromatic heterocycles. The summed E-state index contributed by atoms with van der Waals surface area (Å²) in [6.45, 7) is 0. The second-order valence-corrected chi connectivity index (χ2v) is 18.5. The first-order chi connectivity index (χ1) is 31.8. The average Bonchev–Trinajstić information content (AvgIpc) is 4.07. The van der Waals surface area contributed by atoms with Gasteiger partial charge < -0.3 is 4.90 Å². The maximum Gasteiger partial charge on any atom is 0.0726 e. The van der Waals surface area contributed by atoms with Crippen molar-refractivity contribution in [3.63, 3.8) is 0 Å². The molecule has 0 N–H and O–H groups in total. The van der Waals surface area contributed by atoms with Gasteiger partial charge in [-0.05, 0) is 115 Å². The molecule has 1 spiro atoms. The molecule has 1 nitrogen and oxygen atoms in total. The highest BCUT2D eigenvalue weighted by molar-refractivity contribution is 7.25. The van der Waals surface area contributed by atoms with Crippen molar-refractivity contribution in [2.75, 3.05) is 4.90 Å². The smallest absolute Gasteiger partial charge is 0.0726 e. The van der Waals surface area contributed by atoms with E-state index in [1.807, 2.05) is 11.3 Å². The van der Waals surface area contributed by atoms with E-state index >= 15 is 0 Å². The minimum atomic E-state index is -0.435. The molecule has 0 amide bonds. The number of anilines is 3. The Bertz CT molecular complexity index is 3600. The van der Waals surface area contributed by atoms with Gasteiger partial charge in [-0.15, -0.1) is 11.3 Å². The zero-order chi connectivity index (χ0) is 42.0. The fourth-order valence-corrected chi connectivity index (χ4v) is 13.3. The minimum absolute atomic E-state index is 0.417. The second-order valence-electron chi connectivity index (χ2n) is 17.5. The number of thiophene rings is 1. The SMILES string of the molecule is c1ccc(N(c2ccc3sc4cc(C5(c6ccccc6)c6ccccc6-c6ccccc65)ccc4c3c2)c2cccc3c2-c2ccccc2C32c3ccccc3-c3ccccc32)cc1. The van der Waals surface area contributed by atoms with E-state index < -0.39 is 10.8 Å². The van der Waals surface area contributed by atoms with E-state index in [2.05, 4.69) is 241 Å². The van der Waals surface area contributed by atoms with E-state index in [0.717, 1.165) is 11.4 Å². The summed E-state index contributed by atoms with van der Waals surface area (Å²) in [5.41, 5.74) is 21.1. The molecule has 0 fully saturated rings. The molecule has 0 unspecified atom stereocenters. The van der Waals surface area contributed by atoms with Crippen LogP contribution in [0.4, 0.5) is 17.1 Å². The summed E-state index contributed by atoms with van der Waals surface area (Å²) in [6.07, 6.45) is 0. The molecule has 64 heavy (non-hydrogen) atoms. The molecule has 3 aliphatic carbocycles. The summed E-state index contributed by atoms with van der Waals surface area (Å²) in [7, 11) is 0. The van der Waals surface area contributed by atoms with Crippen LogP contribution in [-0.4, -0.2) is 0 Å². The molecule has 1 heterocycles. The summed E-state index contributed by atoms with van der Waals surface area (Å²) in [5, 5.41) is 2.55. The third-order valence-corrected chi connectivity index (χ3v) is 15.7. The Morgan fingerprint density at radius 1 is 0.297 bits per heavy atom. The van der Waals surface area contributed by atoms with E-state index in [1.54, 1.807) is 0 Å². The maximum absolute atomic E-state index is 2.50. The Hall–Kier alpha value is -7.78. The van der Waals surface area contributed by atoms with Gasteiger partial charge in [0, 0.05) is 37.1 Å².